The summed E-state index contributed by atoms with van der Waals surface area (Å²) in [6.45, 7) is 2.74. The Balaban J connectivity index is 2.77. The fourth-order valence-electron chi connectivity index (χ4n) is 1.18. The van der Waals surface area contributed by atoms with E-state index in [-0.39, 0.29) is 5.84 Å². The number of ether oxygens (including phenoxy) is 1. The van der Waals surface area contributed by atoms with E-state index in [0.29, 0.717) is 17.9 Å². The van der Waals surface area contributed by atoms with Gasteiger partial charge in [0, 0.05) is 0 Å². The summed E-state index contributed by atoms with van der Waals surface area (Å²) in [5.41, 5.74) is 6.14. The topological polar surface area (TPSA) is 67.8 Å². The number of nitrogens with zero attached hydrogens (tertiary/aromatic N) is 1. The molecule has 0 saturated heterocycles. The fourth-order valence-corrected chi connectivity index (χ4v) is 1.18. The highest BCUT2D eigenvalue weighted by Crippen LogP contribution is 2.17. The predicted octanol–water partition coefficient (Wildman–Crippen LogP) is 1.96. The van der Waals surface area contributed by atoms with Crippen LogP contribution < -0.4 is 10.5 Å². The molecule has 0 unspecified atom stereocenters. The van der Waals surface area contributed by atoms with E-state index in [4.69, 9.17) is 15.7 Å². The highest BCUT2D eigenvalue weighted by Gasteiger charge is 2.06. The molecular weight excluding hydrogens is 192 g/mol. The van der Waals surface area contributed by atoms with E-state index in [0.717, 1.165) is 12.8 Å². The zero-order chi connectivity index (χ0) is 11.1. The maximum Gasteiger partial charge on any atom is 0.173 e. The van der Waals surface area contributed by atoms with E-state index < -0.39 is 0 Å². The molecule has 0 saturated carbocycles. The van der Waals surface area contributed by atoms with Crippen molar-refractivity contribution in [2.24, 2.45) is 10.9 Å². The minimum Gasteiger partial charge on any atom is -0.493 e. The van der Waals surface area contributed by atoms with Crippen LogP contribution in [0.15, 0.2) is 29.4 Å². The molecule has 0 aliphatic rings. The molecule has 0 amide bonds. The Morgan fingerprint density at radius 1 is 1.47 bits per heavy atom. The van der Waals surface area contributed by atoms with Gasteiger partial charge >= 0.3 is 0 Å². The highest BCUT2D eigenvalue weighted by atomic mass is 16.5. The minimum absolute atomic E-state index is 0.0714. The minimum atomic E-state index is 0.0714. The van der Waals surface area contributed by atoms with Crippen LogP contribution in [-0.2, 0) is 0 Å². The number of oxime groups is 1. The van der Waals surface area contributed by atoms with Gasteiger partial charge in [0.25, 0.3) is 0 Å². The smallest absolute Gasteiger partial charge is 0.173 e. The largest absolute Gasteiger partial charge is 0.493 e. The number of benzene rings is 1. The van der Waals surface area contributed by atoms with E-state index in [9.17, 15) is 0 Å². The van der Waals surface area contributed by atoms with Crippen LogP contribution in [0.1, 0.15) is 25.3 Å². The van der Waals surface area contributed by atoms with Crippen LogP contribution in [-0.4, -0.2) is 17.6 Å². The van der Waals surface area contributed by atoms with Crippen molar-refractivity contribution >= 4 is 5.84 Å². The lowest BCUT2D eigenvalue weighted by Gasteiger charge is -2.09. The quantitative estimate of drug-likeness (QED) is 0.255. The van der Waals surface area contributed by atoms with Crippen LogP contribution in [0.4, 0.5) is 0 Å². The predicted molar refractivity (Wildman–Crippen MR) is 59.4 cm³/mol. The number of unbranched alkanes of at least 4 members (excludes halogenated alkanes) is 1. The van der Waals surface area contributed by atoms with Gasteiger partial charge in [0.15, 0.2) is 5.84 Å². The molecular formula is C11H16N2O2. The molecule has 0 atom stereocenters. The molecule has 82 valence electrons. The first kappa shape index (κ1) is 11.4. The van der Waals surface area contributed by atoms with Crippen molar-refractivity contribution < 1.29 is 9.94 Å². The Kier molecular flexibility index (Phi) is 4.47. The molecule has 4 nitrogen and oxygen atoms in total. The van der Waals surface area contributed by atoms with E-state index in [1.54, 1.807) is 6.07 Å². The summed E-state index contributed by atoms with van der Waals surface area (Å²) in [6, 6.07) is 7.24. The molecule has 1 rings (SSSR count). The van der Waals surface area contributed by atoms with Gasteiger partial charge < -0.3 is 15.7 Å². The van der Waals surface area contributed by atoms with E-state index in [1.807, 2.05) is 18.2 Å². The van der Waals surface area contributed by atoms with E-state index in [2.05, 4.69) is 12.1 Å². The SMILES string of the molecule is CCCCOc1ccccc1/C(N)=N/O. The summed E-state index contributed by atoms with van der Waals surface area (Å²) in [5, 5.41) is 11.6. The summed E-state index contributed by atoms with van der Waals surface area (Å²) >= 11 is 0. The van der Waals surface area contributed by atoms with Crippen LogP contribution in [0.25, 0.3) is 0 Å². The van der Waals surface area contributed by atoms with Crippen LogP contribution in [0.5, 0.6) is 5.75 Å². The first-order valence-corrected chi connectivity index (χ1v) is 4.99. The van der Waals surface area contributed by atoms with Crippen molar-refractivity contribution in [2.45, 2.75) is 19.8 Å². The van der Waals surface area contributed by atoms with Gasteiger partial charge in [-0.15, -0.1) is 0 Å². The van der Waals surface area contributed by atoms with Crippen molar-refractivity contribution in [3.05, 3.63) is 29.8 Å². The molecule has 4 heteroatoms. The zero-order valence-electron chi connectivity index (χ0n) is 8.81. The summed E-state index contributed by atoms with van der Waals surface area (Å²) in [5.74, 6) is 0.725. The molecule has 15 heavy (non-hydrogen) atoms. The Morgan fingerprint density at radius 2 is 2.20 bits per heavy atom. The molecule has 0 aliphatic heterocycles. The zero-order valence-corrected chi connectivity index (χ0v) is 8.81. The van der Waals surface area contributed by atoms with Gasteiger partial charge in [0.1, 0.15) is 5.75 Å². The van der Waals surface area contributed by atoms with Crippen molar-refractivity contribution in [2.75, 3.05) is 6.61 Å². The van der Waals surface area contributed by atoms with Crippen LogP contribution in [0.3, 0.4) is 0 Å². The third kappa shape index (κ3) is 3.16. The number of hydrogen-bond donors (Lipinski definition) is 2. The van der Waals surface area contributed by atoms with Gasteiger partial charge in [-0.1, -0.05) is 30.6 Å². The van der Waals surface area contributed by atoms with Crippen LogP contribution >= 0.6 is 0 Å². The van der Waals surface area contributed by atoms with Gasteiger partial charge in [0.2, 0.25) is 0 Å². The molecule has 3 N–H and O–H groups in total. The van der Waals surface area contributed by atoms with E-state index in [1.165, 1.54) is 0 Å². The average Bonchev–Trinajstić information content (AvgIpc) is 2.29. The molecule has 0 heterocycles. The lowest BCUT2D eigenvalue weighted by atomic mass is 10.2. The molecule has 0 bridgehead atoms. The number of rotatable bonds is 5. The number of amidine groups is 1. The Hall–Kier alpha value is -1.71. The maximum absolute atomic E-state index is 8.59. The standard InChI is InChI=1S/C11H16N2O2/c1-2-3-8-15-10-7-5-4-6-9(10)11(12)13-14/h4-7,14H,2-3,8H2,1H3,(H2,12,13). The summed E-state index contributed by atoms with van der Waals surface area (Å²) in [7, 11) is 0. The van der Waals surface area contributed by atoms with Gasteiger partial charge in [-0.3, -0.25) is 0 Å². The molecule has 1 aromatic rings. The molecule has 1 aromatic carbocycles. The van der Waals surface area contributed by atoms with Crippen LogP contribution in [0, 0.1) is 0 Å². The van der Waals surface area contributed by atoms with Gasteiger partial charge in [-0.25, -0.2) is 0 Å². The first-order valence-electron chi connectivity index (χ1n) is 4.99. The monoisotopic (exact) mass is 208 g/mol. The normalized spacial score (nSPS) is 11.4. The van der Waals surface area contributed by atoms with Gasteiger partial charge in [0.05, 0.1) is 12.2 Å². The second-order valence-corrected chi connectivity index (χ2v) is 3.18. The second-order valence-electron chi connectivity index (χ2n) is 3.18. The lowest BCUT2D eigenvalue weighted by Crippen LogP contribution is -2.15. The fraction of sp³-hybridized carbons (Fsp3) is 0.364. The first-order chi connectivity index (χ1) is 7.29. The third-order valence-electron chi connectivity index (χ3n) is 2.03. The number of hydrogen-bond acceptors (Lipinski definition) is 3. The summed E-state index contributed by atoms with van der Waals surface area (Å²) in [4.78, 5) is 0. The highest BCUT2D eigenvalue weighted by molar-refractivity contribution is 5.99. The van der Waals surface area contributed by atoms with E-state index >= 15 is 0 Å². The molecule has 0 aliphatic carbocycles. The van der Waals surface area contributed by atoms with Gasteiger partial charge in [-0.2, -0.15) is 0 Å². The Labute approximate surface area is 89.4 Å². The van der Waals surface area contributed by atoms with Crippen LogP contribution in [0.2, 0.25) is 0 Å². The molecule has 0 radical (unpaired) electrons. The summed E-state index contributed by atoms with van der Waals surface area (Å²) in [6.07, 6.45) is 2.07. The van der Waals surface area contributed by atoms with Gasteiger partial charge in [-0.05, 0) is 18.6 Å². The average molecular weight is 208 g/mol. The third-order valence-corrected chi connectivity index (χ3v) is 2.03. The number of para-hydroxylation sites is 1. The van der Waals surface area contributed by atoms with Crippen molar-refractivity contribution in [3.63, 3.8) is 0 Å². The second kappa shape index (κ2) is 5.90. The molecule has 0 fully saturated rings. The maximum atomic E-state index is 8.59. The van der Waals surface area contributed by atoms with Crippen molar-refractivity contribution in [3.8, 4) is 5.75 Å². The van der Waals surface area contributed by atoms with Crippen molar-refractivity contribution in [1.82, 2.24) is 0 Å². The number of nitrogens with two attached hydrogens (primary N) is 1. The Morgan fingerprint density at radius 3 is 2.87 bits per heavy atom. The van der Waals surface area contributed by atoms with Crippen molar-refractivity contribution in [1.29, 1.82) is 0 Å². The lowest BCUT2D eigenvalue weighted by molar-refractivity contribution is 0.306. The Bertz CT molecular complexity index is 337. The molecule has 0 spiro atoms. The molecule has 0 aromatic heterocycles. The summed E-state index contributed by atoms with van der Waals surface area (Å²) < 4.78 is 5.53.